The molecule has 1 heterocycles. The summed E-state index contributed by atoms with van der Waals surface area (Å²) in [5.74, 6) is -0.346. The molecule has 0 aliphatic carbocycles. The molecular weight excluding hydrogens is 342 g/mol. The van der Waals surface area contributed by atoms with Crippen molar-refractivity contribution in [2.75, 3.05) is 6.54 Å². The van der Waals surface area contributed by atoms with Crippen LogP contribution in [0.15, 0.2) is 42.9 Å². The number of benzene rings is 1. The zero-order valence-corrected chi connectivity index (χ0v) is 16.0. The minimum Gasteiger partial charge on any atom is -0.354 e. The van der Waals surface area contributed by atoms with Crippen LogP contribution in [-0.2, 0) is 22.6 Å². The average Bonchev–Trinajstić information content (AvgIpc) is 3.09. The predicted molar refractivity (Wildman–Crippen MR) is 105 cm³/mol. The lowest BCUT2D eigenvalue weighted by molar-refractivity contribution is -0.123. The summed E-state index contributed by atoms with van der Waals surface area (Å²) in [5.41, 5.74) is 7.91. The summed E-state index contributed by atoms with van der Waals surface area (Å²) >= 11 is 0. The number of carbonyl (C=O) groups is 2. The number of aromatic nitrogens is 2. The molecule has 0 bridgehead atoms. The zero-order valence-electron chi connectivity index (χ0n) is 16.0. The molecule has 4 N–H and O–H groups in total. The average molecular weight is 371 g/mol. The zero-order chi connectivity index (χ0) is 19.6. The van der Waals surface area contributed by atoms with Crippen molar-refractivity contribution in [1.29, 1.82) is 0 Å². The number of rotatable bonds is 10. The van der Waals surface area contributed by atoms with Crippen molar-refractivity contribution in [3.63, 3.8) is 0 Å². The fourth-order valence-electron chi connectivity index (χ4n) is 2.59. The quantitative estimate of drug-likeness (QED) is 0.584. The van der Waals surface area contributed by atoms with Crippen LogP contribution in [0.2, 0.25) is 0 Å². The molecule has 7 nitrogen and oxygen atoms in total. The maximum absolute atomic E-state index is 12.1. The molecule has 146 valence electrons. The Labute approximate surface area is 160 Å². The van der Waals surface area contributed by atoms with Crippen LogP contribution in [0.3, 0.4) is 0 Å². The van der Waals surface area contributed by atoms with Gasteiger partial charge in [0.05, 0.1) is 18.1 Å². The van der Waals surface area contributed by atoms with E-state index in [-0.39, 0.29) is 30.8 Å². The first kappa shape index (κ1) is 20.6. The highest BCUT2D eigenvalue weighted by Gasteiger charge is 2.16. The number of carbonyl (C=O) groups excluding carboxylic acids is 2. The van der Waals surface area contributed by atoms with Crippen molar-refractivity contribution in [3.8, 4) is 0 Å². The Morgan fingerprint density at radius 3 is 2.70 bits per heavy atom. The summed E-state index contributed by atoms with van der Waals surface area (Å²) in [6, 6.07) is 9.53. The Hall–Kier alpha value is -2.67. The predicted octanol–water partition coefficient (Wildman–Crippen LogP) is 1.22. The Bertz CT molecular complexity index is 729. The van der Waals surface area contributed by atoms with Crippen molar-refractivity contribution in [1.82, 2.24) is 20.2 Å². The van der Waals surface area contributed by atoms with Gasteiger partial charge in [-0.15, -0.1) is 0 Å². The topological polar surface area (TPSA) is 102 Å². The maximum Gasteiger partial charge on any atom is 0.237 e. The third-order valence-corrected chi connectivity index (χ3v) is 4.33. The molecule has 27 heavy (non-hydrogen) atoms. The second-order valence-corrected chi connectivity index (χ2v) is 6.75. The number of imidazole rings is 1. The van der Waals surface area contributed by atoms with Crippen molar-refractivity contribution >= 4 is 11.8 Å². The van der Waals surface area contributed by atoms with Crippen molar-refractivity contribution < 1.29 is 9.59 Å². The molecule has 0 fully saturated rings. The third-order valence-electron chi connectivity index (χ3n) is 4.33. The van der Waals surface area contributed by atoms with E-state index in [0.717, 1.165) is 18.7 Å². The second-order valence-electron chi connectivity index (χ2n) is 6.75. The van der Waals surface area contributed by atoms with Gasteiger partial charge in [-0.2, -0.15) is 0 Å². The van der Waals surface area contributed by atoms with E-state index < -0.39 is 6.04 Å². The van der Waals surface area contributed by atoms with Gasteiger partial charge in [0.25, 0.3) is 0 Å². The van der Waals surface area contributed by atoms with Gasteiger partial charge in [0, 0.05) is 38.2 Å². The van der Waals surface area contributed by atoms with E-state index in [4.69, 9.17) is 5.73 Å². The molecule has 0 aliphatic rings. The van der Waals surface area contributed by atoms with Crippen LogP contribution in [0.4, 0.5) is 0 Å². The first-order chi connectivity index (χ1) is 13.0. The molecule has 1 unspecified atom stereocenters. The largest absolute Gasteiger partial charge is 0.354 e. The SMILES string of the molecule is CCC(C)NC(=O)CCNC(=O)[C@@H](N)Cc1cn(Cc2ccccc2)cn1. The van der Waals surface area contributed by atoms with Gasteiger partial charge in [-0.05, 0) is 18.9 Å². The molecule has 0 saturated carbocycles. The second kappa shape index (κ2) is 10.5. The smallest absolute Gasteiger partial charge is 0.237 e. The highest BCUT2D eigenvalue weighted by Crippen LogP contribution is 2.05. The molecule has 2 rings (SSSR count). The van der Waals surface area contributed by atoms with Gasteiger partial charge in [0.2, 0.25) is 11.8 Å². The van der Waals surface area contributed by atoms with E-state index in [1.54, 1.807) is 6.33 Å². The van der Waals surface area contributed by atoms with Crippen molar-refractivity contribution in [3.05, 3.63) is 54.1 Å². The monoisotopic (exact) mass is 371 g/mol. The van der Waals surface area contributed by atoms with Crippen molar-refractivity contribution in [2.24, 2.45) is 5.73 Å². The summed E-state index contributed by atoms with van der Waals surface area (Å²) in [4.78, 5) is 28.1. The molecule has 7 heteroatoms. The minimum atomic E-state index is -0.692. The van der Waals surface area contributed by atoms with Gasteiger partial charge in [-0.25, -0.2) is 4.98 Å². The lowest BCUT2D eigenvalue weighted by Crippen LogP contribution is -2.43. The van der Waals surface area contributed by atoms with E-state index in [2.05, 4.69) is 27.8 Å². The molecule has 2 amide bonds. The summed E-state index contributed by atoms with van der Waals surface area (Å²) in [5, 5.41) is 5.57. The number of nitrogens with two attached hydrogens (primary N) is 1. The Balaban J connectivity index is 1.73. The lowest BCUT2D eigenvalue weighted by Gasteiger charge is -2.13. The number of hydrogen-bond donors (Lipinski definition) is 3. The van der Waals surface area contributed by atoms with E-state index in [0.29, 0.717) is 6.42 Å². The Kier molecular flexibility index (Phi) is 8.00. The molecule has 0 spiro atoms. The van der Waals surface area contributed by atoms with E-state index in [1.165, 1.54) is 5.56 Å². The van der Waals surface area contributed by atoms with Gasteiger partial charge >= 0.3 is 0 Å². The first-order valence-corrected chi connectivity index (χ1v) is 9.35. The number of nitrogens with one attached hydrogen (secondary N) is 2. The summed E-state index contributed by atoms with van der Waals surface area (Å²) in [7, 11) is 0. The molecule has 1 aromatic heterocycles. The van der Waals surface area contributed by atoms with Crippen LogP contribution in [0.1, 0.15) is 37.9 Å². The van der Waals surface area contributed by atoms with E-state index in [1.807, 2.05) is 42.8 Å². The standard InChI is InChI=1S/C20H29N5O2/c1-3-15(2)24-19(26)9-10-22-20(27)18(21)11-17-13-25(14-23-17)12-16-7-5-4-6-8-16/h4-8,13-15,18H,3,9-12,21H2,1-2H3,(H,22,27)(H,24,26)/t15?,18-/m0/s1. The fraction of sp³-hybridized carbons (Fsp3) is 0.450. The van der Waals surface area contributed by atoms with Gasteiger partial charge in [0.15, 0.2) is 0 Å². The summed E-state index contributed by atoms with van der Waals surface area (Å²) in [6.45, 7) is 4.95. The van der Waals surface area contributed by atoms with Crippen LogP contribution >= 0.6 is 0 Å². The van der Waals surface area contributed by atoms with Gasteiger partial charge in [0.1, 0.15) is 0 Å². The summed E-state index contributed by atoms with van der Waals surface area (Å²) < 4.78 is 1.97. The minimum absolute atomic E-state index is 0.0714. The Morgan fingerprint density at radius 2 is 2.00 bits per heavy atom. The van der Waals surface area contributed by atoms with Crippen LogP contribution in [0, 0.1) is 0 Å². The fourth-order valence-corrected chi connectivity index (χ4v) is 2.59. The highest BCUT2D eigenvalue weighted by molar-refractivity contribution is 5.82. The third kappa shape index (κ3) is 7.22. The molecule has 1 aromatic carbocycles. The van der Waals surface area contributed by atoms with Crippen molar-refractivity contribution in [2.45, 2.75) is 51.7 Å². The van der Waals surface area contributed by atoms with Gasteiger partial charge in [-0.1, -0.05) is 37.3 Å². The van der Waals surface area contributed by atoms with E-state index >= 15 is 0 Å². The highest BCUT2D eigenvalue weighted by atomic mass is 16.2. The van der Waals surface area contributed by atoms with Crippen LogP contribution < -0.4 is 16.4 Å². The molecule has 2 aromatic rings. The van der Waals surface area contributed by atoms with Crippen LogP contribution in [-0.4, -0.2) is 40.0 Å². The molecular formula is C20H29N5O2. The number of nitrogens with zero attached hydrogens (tertiary/aromatic N) is 2. The van der Waals surface area contributed by atoms with E-state index in [9.17, 15) is 9.59 Å². The van der Waals surface area contributed by atoms with Crippen LogP contribution in [0.25, 0.3) is 0 Å². The number of hydrogen-bond acceptors (Lipinski definition) is 4. The summed E-state index contributed by atoms with van der Waals surface area (Å²) in [6.07, 6.45) is 5.12. The van der Waals surface area contributed by atoms with Gasteiger partial charge in [-0.3, -0.25) is 9.59 Å². The maximum atomic E-state index is 12.1. The molecule has 0 radical (unpaired) electrons. The van der Waals surface area contributed by atoms with Gasteiger partial charge < -0.3 is 20.9 Å². The number of amides is 2. The molecule has 0 saturated heterocycles. The molecule has 0 aliphatic heterocycles. The Morgan fingerprint density at radius 1 is 1.26 bits per heavy atom. The first-order valence-electron chi connectivity index (χ1n) is 9.35. The van der Waals surface area contributed by atoms with Crippen LogP contribution in [0.5, 0.6) is 0 Å². The molecule has 2 atom stereocenters. The lowest BCUT2D eigenvalue weighted by atomic mass is 10.1. The normalized spacial score (nSPS) is 13.0.